The molecule has 0 atom stereocenters. The van der Waals surface area contributed by atoms with E-state index in [2.05, 4.69) is 22.2 Å². The van der Waals surface area contributed by atoms with Crippen LogP contribution in [0.2, 0.25) is 0 Å². The Kier molecular flexibility index (Phi) is 7.53. The van der Waals surface area contributed by atoms with Crippen LogP contribution in [0.4, 0.5) is 5.82 Å². The maximum absolute atomic E-state index is 4.55. The van der Waals surface area contributed by atoms with Crippen molar-refractivity contribution < 1.29 is 0 Å². The zero-order valence-corrected chi connectivity index (χ0v) is 16.6. The van der Waals surface area contributed by atoms with Crippen molar-refractivity contribution in [2.45, 2.75) is 90.4 Å². The van der Waals surface area contributed by atoms with E-state index in [0.29, 0.717) is 0 Å². The van der Waals surface area contributed by atoms with Gasteiger partial charge in [0.05, 0.1) is 5.39 Å². The summed E-state index contributed by atoms with van der Waals surface area (Å²) >= 11 is 1.88. The minimum atomic E-state index is 1.03. The Bertz CT molecular complexity index is 650. The van der Waals surface area contributed by atoms with Crippen LogP contribution in [0.25, 0.3) is 10.2 Å². The van der Waals surface area contributed by atoms with Gasteiger partial charge in [-0.25, -0.2) is 9.97 Å². The van der Waals surface area contributed by atoms with Gasteiger partial charge in [0.15, 0.2) is 0 Å². The van der Waals surface area contributed by atoms with Crippen molar-refractivity contribution >= 4 is 27.4 Å². The lowest BCUT2D eigenvalue weighted by molar-refractivity contribution is 0.569. The van der Waals surface area contributed by atoms with Gasteiger partial charge >= 0.3 is 0 Å². The highest BCUT2D eigenvalue weighted by Crippen LogP contribution is 2.38. The van der Waals surface area contributed by atoms with E-state index in [4.69, 9.17) is 0 Å². The van der Waals surface area contributed by atoms with Crippen LogP contribution in [-0.4, -0.2) is 16.5 Å². The first-order chi connectivity index (χ1) is 12.4. The summed E-state index contributed by atoms with van der Waals surface area (Å²) in [5, 5.41) is 4.92. The third-order valence-corrected chi connectivity index (χ3v) is 6.52. The fourth-order valence-corrected chi connectivity index (χ4v) is 5.10. The molecule has 3 nitrogen and oxygen atoms in total. The highest BCUT2D eigenvalue weighted by atomic mass is 32.1. The molecule has 1 aliphatic rings. The number of hydrogen-bond donors (Lipinski definition) is 1. The fourth-order valence-electron chi connectivity index (χ4n) is 3.87. The molecule has 3 rings (SSSR count). The Morgan fingerprint density at radius 3 is 2.44 bits per heavy atom. The van der Waals surface area contributed by atoms with Crippen molar-refractivity contribution in [3.63, 3.8) is 0 Å². The van der Waals surface area contributed by atoms with Crippen LogP contribution in [0.1, 0.15) is 88.0 Å². The van der Waals surface area contributed by atoms with Crippen molar-refractivity contribution in [3.05, 3.63) is 16.8 Å². The molecular formula is C21H33N3S. The number of unbranched alkanes of at least 4 members (excludes halogenated alkanes) is 8. The number of fused-ring (bicyclic) bond motifs is 3. The molecule has 25 heavy (non-hydrogen) atoms. The lowest BCUT2D eigenvalue weighted by atomic mass is 9.97. The minimum Gasteiger partial charge on any atom is -0.369 e. The largest absolute Gasteiger partial charge is 0.369 e. The van der Waals surface area contributed by atoms with Crippen LogP contribution in [0.5, 0.6) is 0 Å². The monoisotopic (exact) mass is 359 g/mol. The van der Waals surface area contributed by atoms with Crippen LogP contribution < -0.4 is 5.32 Å². The summed E-state index contributed by atoms with van der Waals surface area (Å²) in [5.74, 6) is 1.07. The third kappa shape index (κ3) is 5.16. The number of rotatable bonds is 11. The number of aryl methyl sites for hydroxylation is 2. The molecule has 0 unspecified atom stereocenters. The number of anilines is 1. The Balaban J connectivity index is 1.41. The van der Waals surface area contributed by atoms with Gasteiger partial charge in [0, 0.05) is 11.4 Å². The molecule has 0 amide bonds. The van der Waals surface area contributed by atoms with Gasteiger partial charge in [0.25, 0.3) is 0 Å². The summed E-state index contributed by atoms with van der Waals surface area (Å²) in [4.78, 5) is 11.8. The van der Waals surface area contributed by atoms with Crippen molar-refractivity contribution in [2.75, 3.05) is 11.9 Å². The summed E-state index contributed by atoms with van der Waals surface area (Å²) in [7, 11) is 0. The molecule has 2 aromatic heterocycles. The molecule has 0 fully saturated rings. The second-order valence-corrected chi connectivity index (χ2v) is 8.45. The van der Waals surface area contributed by atoms with Crippen molar-refractivity contribution in [2.24, 2.45) is 0 Å². The van der Waals surface area contributed by atoms with Crippen LogP contribution in [-0.2, 0) is 12.8 Å². The molecule has 4 heteroatoms. The molecule has 2 heterocycles. The van der Waals surface area contributed by atoms with Crippen LogP contribution >= 0.6 is 11.3 Å². The van der Waals surface area contributed by atoms with Gasteiger partial charge in [-0.2, -0.15) is 0 Å². The van der Waals surface area contributed by atoms with Crippen LogP contribution in [0.15, 0.2) is 6.33 Å². The normalized spacial score (nSPS) is 14.0. The summed E-state index contributed by atoms with van der Waals surface area (Å²) < 4.78 is 0. The number of hydrogen-bond acceptors (Lipinski definition) is 4. The van der Waals surface area contributed by atoms with Gasteiger partial charge in [-0.3, -0.25) is 0 Å². The zero-order chi connectivity index (χ0) is 17.3. The molecule has 0 aliphatic heterocycles. The van der Waals surface area contributed by atoms with Gasteiger partial charge in [0.1, 0.15) is 17.0 Å². The predicted molar refractivity (Wildman–Crippen MR) is 110 cm³/mol. The second kappa shape index (κ2) is 10.1. The van der Waals surface area contributed by atoms with E-state index in [0.717, 1.165) is 12.4 Å². The smallest absolute Gasteiger partial charge is 0.138 e. The highest BCUT2D eigenvalue weighted by molar-refractivity contribution is 7.19. The Morgan fingerprint density at radius 1 is 0.920 bits per heavy atom. The lowest BCUT2D eigenvalue weighted by Gasteiger charge is -2.12. The maximum atomic E-state index is 4.55. The number of nitrogens with one attached hydrogen (secondary N) is 1. The molecule has 0 aromatic carbocycles. The topological polar surface area (TPSA) is 37.8 Å². The quantitative estimate of drug-likeness (QED) is 0.464. The first-order valence-electron chi connectivity index (χ1n) is 10.4. The molecule has 1 N–H and O–H groups in total. The first kappa shape index (κ1) is 18.6. The Labute approximate surface area is 156 Å². The van der Waals surface area contributed by atoms with Gasteiger partial charge in [-0.05, 0) is 37.7 Å². The second-order valence-electron chi connectivity index (χ2n) is 7.37. The van der Waals surface area contributed by atoms with Gasteiger partial charge in [-0.15, -0.1) is 11.3 Å². The molecule has 0 bridgehead atoms. The number of thiophene rings is 1. The molecule has 0 saturated carbocycles. The van der Waals surface area contributed by atoms with E-state index in [1.165, 1.54) is 99.3 Å². The molecule has 0 radical (unpaired) electrons. The van der Waals surface area contributed by atoms with Crippen molar-refractivity contribution in [1.29, 1.82) is 0 Å². The molecular weight excluding hydrogens is 326 g/mol. The number of nitrogens with zero attached hydrogens (tertiary/aromatic N) is 2. The Hall–Kier alpha value is -1.16. The summed E-state index contributed by atoms with van der Waals surface area (Å²) in [6.07, 6.45) is 19.2. The summed E-state index contributed by atoms with van der Waals surface area (Å²) in [6.45, 7) is 3.32. The average Bonchev–Trinajstić information content (AvgIpc) is 3.02. The molecule has 0 spiro atoms. The van der Waals surface area contributed by atoms with Crippen LogP contribution in [0, 0.1) is 0 Å². The molecule has 2 aromatic rings. The molecule has 0 saturated heterocycles. The fraction of sp³-hybridized carbons (Fsp3) is 0.714. The number of aromatic nitrogens is 2. The summed E-state index contributed by atoms with van der Waals surface area (Å²) in [6, 6.07) is 0. The van der Waals surface area contributed by atoms with E-state index in [9.17, 15) is 0 Å². The highest BCUT2D eigenvalue weighted by Gasteiger charge is 2.19. The van der Waals surface area contributed by atoms with E-state index in [-0.39, 0.29) is 0 Å². The maximum Gasteiger partial charge on any atom is 0.138 e. The van der Waals surface area contributed by atoms with Crippen molar-refractivity contribution in [3.8, 4) is 0 Å². The van der Waals surface area contributed by atoms with E-state index >= 15 is 0 Å². The first-order valence-corrected chi connectivity index (χ1v) is 11.2. The standard InChI is InChI=1S/C21H33N3S/c1-2-3-4-5-6-7-8-9-12-15-22-20-19-17-13-10-11-14-18(17)25-21(19)24-16-23-20/h16H,2-15H2,1H3,(H,22,23,24). The summed E-state index contributed by atoms with van der Waals surface area (Å²) in [5.41, 5.74) is 1.53. The van der Waals surface area contributed by atoms with Gasteiger partial charge < -0.3 is 5.32 Å². The van der Waals surface area contributed by atoms with Gasteiger partial charge in [-0.1, -0.05) is 58.3 Å². The van der Waals surface area contributed by atoms with Crippen molar-refractivity contribution in [1.82, 2.24) is 9.97 Å². The third-order valence-electron chi connectivity index (χ3n) is 5.32. The van der Waals surface area contributed by atoms with E-state index in [1.807, 2.05) is 11.3 Å². The average molecular weight is 360 g/mol. The predicted octanol–water partition coefficient (Wildman–Crippen LogP) is 6.51. The van der Waals surface area contributed by atoms with E-state index in [1.54, 1.807) is 11.2 Å². The SMILES string of the molecule is CCCCCCCCCCCNc1ncnc2sc3c(c12)CCCC3. The lowest BCUT2D eigenvalue weighted by Crippen LogP contribution is -2.05. The van der Waals surface area contributed by atoms with Gasteiger partial charge in [0.2, 0.25) is 0 Å². The van der Waals surface area contributed by atoms with E-state index < -0.39 is 0 Å². The molecule has 138 valence electrons. The molecule has 1 aliphatic carbocycles. The minimum absolute atomic E-state index is 1.03. The Morgan fingerprint density at radius 2 is 1.64 bits per heavy atom. The zero-order valence-electron chi connectivity index (χ0n) is 15.8. The van der Waals surface area contributed by atoms with Crippen LogP contribution in [0.3, 0.4) is 0 Å².